The van der Waals surface area contributed by atoms with Crippen LogP contribution in [0.25, 0.3) is 0 Å². The highest BCUT2D eigenvalue weighted by molar-refractivity contribution is 7.75. The Labute approximate surface area is 103 Å². The minimum Gasteiger partial charge on any atom is -0.431 e. The maximum atomic E-state index is 6.77. The number of halogens is 1. The fraction of sp³-hybridized carbons (Fsp3) is 1.00. The predicted octanol–water partition coefficient (Wildman–Crippen LogP) is 2.77. The molecule has 0 radical (unpaired) electrons. The summed E-state index contributed by atoms with van der Waals surface area (Å²) in [6.45, 7) is 15.0. The lowest BCUT2D eigenvalue weighted by atomic mass is 10.9. The summed E-state index contributed by atoms with van der Waals surface area (Å²) < 4.78 is 12.1. The molecule has 90 valence electrons. The second-order valence-corrected chi connectivity index (χ2v) is 35.2. The van der Waals surface area contributed by atoms with Gasteiger partial charge < -0.3 is 8.54 Å². The second-order valence-electron chi connectivity index (χ2n) is 5.81. The molecule has 0 amide bonds. The molecular formula is C8H23ClO2Si4. The van der Waals surface area contributed by atoms with Crippen LogP contribution in [0.15, 0.2) is 0 Å². The molecule has 2 nitrogen and oxygen atoms in total. The molecular weight excluding hydrogens is 276 g/mol. The van der Waals surface area contributed by atoms with Gasteiger partial charge in [-0.15, -0.1) is 11.1 Å². The van der Waals surface area contributed by atoms with Crippen molar-refractivity contribution < 1.29 is 8.54 Å². The van der Waals surface area contributed by atoms with Crippen LogP contribution in [0.5, 0.6) is 0 Å². The van der Waals surface area contributed by atoms with Gasteiger partial charge in [-0.2, -0.15) is 0 Å². The summed E-state index contributed by atoms with van der Waals surface area (Å²) in [6, 6.07) is 1.26. The number of hydrogen-bond donors (Lipinski definition) is 0. The van der Waals surface area contributed by atoms with E-state index in [9.17, 15) is 0 Å². The third kappa shape index (κ3) is 2.51. The van der Waals surface area contributed by atoms with E-state index in [2.05, 4.69) is 39.3 Å². The lowest BCUT2D eigenvalue weighted by molar-refractivity contribution is 0.284. The van der Waals surface area contributed by atoms with Gasteiger partial charge in [0.05, 0.1) is 0 Å². The van der Waals surface area contributed by atoms with Crippen molar-refractivity contribution in [2.24, 2.45) is 0 Å². The van der Waals surface area contributed by atoms with E-state index in [4.69, 9.17) is 19.6 Å². The van der Waals surface area contributed by atoms with E-state index < -0.39 is 31.1 Å². The molecule has 7 heteroatoms. The van der Waals surface area contributed by atoms with E-state index in [1.807, 2.05) is 0 Å². The molecule has 1 aliphatic heterocycles. The van der Waals surface area contributed by atoms with Gasteiger partial charge in [0.2, 0.25) is 0 Å². The smallest absolute Gasteiger partial charge is 0.403 e. The Kier molecular flexibility index (Phi) is 4.14. The van der Waals surface area contributed by atoms with Crippen molar-refractivity contribution >= 4 is 42.2 Å². The lowest BCUT2D eigenvalue weighted by Gasteiger charge is -2.50. The highest BCUT2D eigenvalue weighted by Crippen LogP contribution is 2.39. The van der Waals surface area contributed by atoms with Crippen LogP contribution >= 0.6 is 11.1 Å². The van der Waals surface area contributed by atoms with Gasteiger partial charge in [0.1, 0.15) is 7.11 Å². The Bertz CT molecular complexity index is 247. The lowest BCUT2D eigenvalue weighted by Crippen LogP contribution is -2.76. The van der Waals surface area contributed by atoms with Crippen LogP contribution in [0.3, 0.4) is 0 Å². The fourth-order valence-electron chi connectivity index (χ4n) is 1.82. The normalized spacial score (nSPS) is 34.4. The summed E-state index contributed by atoms with van der Waals surface area (Å²) in [4.78, 5) is 0. The molecule has 0 spiro atoms. The van der Waals surface area contributed by atoms with Gasteiger partial charge in [0.15, 0.2) is 9.04 Å². The fourth-order valence-corrected chi connectivity index (χ4v) is 38.8. The van der Waals surface area contributed by atoms with Crippen molar-refractivity contribution in [3.63, 3.8) is 0 Å². The topological polar surface area (TPSA) is 18.5 Å². The molecule has 1 rings (SSSR count). The zero-order valence-corrected chi connectivity index (χ0v) is 15.6. The van der Waals surface area contributed by atoms with Crippen molar-refractivity contribution in [2.75, 3.05) is 6.61 Å². The average Bonchev–Trinajstić information content (AvgIpc) is 1.99. The molecule has 0 aromatic rings. The summed E-state index contributed by atoms with van der Waals surface area (Å²) >= 11 is 6.77. The van der Waals surface area contributed by atoms with Gasteiger partial charge >= 0.3 is 7.39 Å². The van der Waals surface area contributed by atoms with Crippen molar-refractivity contribution in [3.05, 3.63) is 0 Å². The van der Waals surface area contributed by atoms with E-state index in [0.717, 1.165) is 6.61 Å². The molecule has 1 aliphatic rings. The van der Waals surface area contributed by atoms with Gasteiger partial charge in [-0.1, -0.05) is 26.2 Å². The summed E-state index contributed by atoms with van der Waals surface area (Å²) in [5.74, 6) is 0. The molecule has 1 atom stereocenters. The SMILES string of the molecule is C[SiH](C)O[Si]1(Cl)OCC[Si](C)(C)[Si]1(C)C. The summed E-state index contributed by atoms with van der Waals surface area (Å²) in [7, 11) is -6.10. The van der Waals surface area contributed by atoms with Crippen LogP contribution < -0.4 is 0 Å². The van der Waals surface area contributed by atoms with Crippen molar-refractivity contribution in [1.29, 1.82) is 0 Å². The van der Waals surface area contributed by atoms with Gasteiger partial charge in [-0.25, -0.2) is 0 Å². The van der Waals surface area contributed by atoms with Crippen LogP contribution in [-0.4, -0.2) is 37.7 Å². The maximum absolute atomic E-state index is 6.77. The van der Waals surface area contributed by atoms with Crippen molar-refractivity contribution in [1.82, 2.24) is 0 Å². The first-order valence-corrected chi connectivity index (χ1v) is 19.4. The van der Waals surface area contributed by atoms with E-state index in [0.29, 0.717) is 0 Å². The third-order valence-corrected chi connectivity index (χ3v) is 46.6. The molecule has 15 heavy (non-hydrogen) atoms. The first-order chi connectivity index (χ1) is 6.62. The first-order valence-electron chi connectivity index (χ1n) is 5.63. The van der Waals surface area contributed by atoms with Gasteiger partial charge in [0.25, 0.3) is 0 Å². The Hall–Kier alpha value is 1.08. The highest BCUT2D eigenvalue weighted by atomic mass is 35.6. The monoisotopic (exact) mass is 298 g/mol. The second kappa shape index (κ2) is 4.39. The molecule has 1 heterocycles. The Morgan fingerprint density at radius 2 is 1.73 bits per heavy atom. The van der Waals surface area contributed by atoms with Crippen LogP contribution in [-0.2, 0) is 8.54 Å². The Balaban J connectivity index is 2.97. The van der Waals surface area contributed by atoms with Crippen LogP contribution in [0, 0.1) is 0 Å². The minimum absolute atomic E-state index is 0.840. The molecule has 0 bridgehead atoms. The molecule has 0 aliphatic carbocycles. The largest absolute Gasteiger partial charge is 0.431 e. The van der Waals surface area contributed by atoms with E-state index in [1.54, 1.807) is 0 Å². The summed E-state index contributed by atoms with van der Waals surface area (Å²) in [5, 5.41) is 0. The zero-order valence-electron chi connectivity index (χ0n) is 10.7. The highest BCUT2D eigenvalue weighted by Gasteiger charge is 2.63. The van der Waals surface area contributed by atoms with E-state index >= 15 is 0 Å². The van der Waals surface area contributed by atoms with E-state index in [-0.39, 0.29) is 0 Å². The number of rotatable bonds is 2. The molecule has 1 saturated heterocycles. The van der Waals surface area contributed by atoms with E-state index in [1.165, 1.54) is 6.04 Å². The van der Waals surface area contributed by atoms with Gasteiger partial charge in [0, 0.05) is 14.2 Å². The maximum Gasteiger partial charge on any atom is 0.403 e. The summed E-state index contributed by atoms with van der Waals surface area (Å²) in [6.07, 6.45) is 0. The summed E-state index contributed by atoms with van der Waals surface area (Å²) in [5.41, 5.74) is 0. The molecule has 1 unspecified atom stereocenters. The molecule has 0 aromatic heterocycles. The standard InChI is InChI=1S/C8H23ClO2Si4/c1-12(2)11-15(9)10-7-8-13(3,4)14(15,5)6/h12H,7-8H2,1-6H3. The van der Waals surface area contributed by atoms with Gasteiger partial charge in [-0.3, -0.25) is 0 Å². The van der Waals surface area contributed by atoms with Crippen LogP contribution in [0.4, 0.5) is 0 Å². The first kappa shape index (κ1) is 14.1. The average molecular weight is 299 g/mol. The third-order valence-electron chi connectivity index (χ3n) is 3.84. The number of hydrogen-bond acceptors (Lipinski definition) is 2. The molecule has 1 fully saturated rings. The van der Waals surface area contributed by atoms with Gasteiger partial charge in [-0.05, 0) is 19.1 Å². The van der Waals surface area contributed by atoms with Crippen LogP contribution in [0.1, 0.15) is 0 Å². The van der Waals surface area contributed by atoms with Crippen molar-refractivity contribution in [3.8, 4) is 0 Å². The minimum atomic E-state index is -2.33. The molecule has 0 saturated carbocycles. The van der Waals surface area contributed by atoms with Crippen LogP contribution in [0.2, 0.25) is 45.3 Å². The molecule has 0 aromatic carbocycles. The zero-order chi connectivity index (χ0) is 11.9. The Morgan fingerprint density at radius 3 is 2.20 bits per heavy atom. The Morgan fingerprint density at radius 1 is 1.20 bits per heavy atom. The predicted molar refractivity (Wildman–Crippen MR) is 77.3 cm³/mol. The molecule has 0 N–H and O–H groups in total. The van der Waals surface area contributed by atoms with Crippen molar-refractivity contribution in [2.45, 2.75) is 45.3 Å². The quantitative estimate of drug-likeness (QED) is 0.576.